The number of aromatic amines is 1. The number of carbonyl (C=O) groups excluding carboxylic acids is 1. The predicted octanol–water partition coefficient (Wildman–Crippen LogP) is 2.61. The molecule has 31 heavy (non-hydrogen) atoms. The first-order chi connectivity index (χ1) is 15.2. The highest BCUT2D eigenvalue weighted by Crippen LogP contribution is 2.24. The fourth-order valence-electron chi connectivity index (χ4n) is 3.19. The van der Waals surface area contributed by atoms with Crippen molar-refractivity contribution in [1.82, 2.24) is 30.5 Å². The Bertz CT molecular complexity index is 1190. The molecular weight excluding hydrogens is 416 g/mol. The number of aromatic nitrogens is 5. The van der Waals surface area contributed by atoms with Gasteiger partial charge in [0.1, 0.15) is 11.5 Å². The van der Waals surface area contributed by atoms with Crippen LogP contribution in [0, 0.1) is 0 Å². The van der Waals surface area contributed by atoms with E-state index in [9.17, 15) is 4.79 Å². The molecule has 4 aromatic rings. The quantitative estimate of drug-likeness (QED) is 0.387. The maximum atomic E-state index is 12.3. The summed E-state index contributed by atoms with van der Waals surface area (Å²) in [6.07, 6.45) is 2.69. The highest BCUT2D eigenvalue weighted by atomic mass is 32.2. The number of tetrazole rings is 1. The maximum absolute atomic E-state index is 12.3. The van der Waals surface area contributed by atoms with Crippen LogP contribution in [-0.4, -0.2) is 57.6 Å². The Hall–Kier alpha value is -3.53. The summed E-state index contributed by atoms with van der Waals surface area (Å²) in [4.78, 5) is 15.6. The minimum atomic E-state index is -0.0771. The molecule has 0 aliphatic rings. The molecule has 0 saturated heterocycles. The van der Waals surface area contributed by atoms with Gasteiger partial charge in [-0.25, -0.2) is 0 Å². The number of H-pyrrole nitrogens is 1. The maximum Gasteiger partial charge on any atom is 0.230 e. The molecule has 0 radical (unpaired) electrons. The van der Waals surface area contributed by atoms with E-state index in [-0.39, 0.29) is 11.7 Å². The highest BCUT2D eigenvalue weighted by Gasteiger charge is 2.12. The van der Waals surface area contributed by atoms with Crippen molar-refractivity contribution in [2.45, 2.75) is 11.6 Å². The zero-order valence-electron chi connectivity index (χ0n) is 17.2. The summed E-state index contributed by atoms with van der Waals surface area (Å²) in [5, 5.41) is 16.4. The lowest BCUT2D eigenvalue weighted by Crippen LogP contribution is -2.27. The van der Waals surface area contributed by atoms with E-state index in [2.05, 4.69) is 25.8 Å². The van der Waals surface area contributed by atoms with Gasteiger partial charge in [0, 0.05) is 35.8 Å². The van der Waals surface area contributed by atoms with Crippen LogP contribution in [0.2, 0.25) is 0 Å². The molecule has 0 spiro atoms. The number of ether oxygens (including phenoxy) is 2. The van der Waals surface area contributed by atoms with Gasteiger partial charge < -0.3 is 19.8 Å². The van der Waals surface area contributed by atoms with Gasteiger partial charge in [0.05, 0.1) is 25.7 Å². The Morgan fingerprint density at radius 3 is 2.84 bits per heavy atom. The molecule has 0 aliphatic heterocycles. The first-order valence-electron chi connectivity index (χ1n) is 9.64. The smallest absolute Gasteiger partial charge is 0.230 e. The van der Waals surface area contributed by atoms with Gasteiger partial charge in [-0.15, -0.1) is 5.10 Å². The lowest BCUT2D eigenvalue weighted by atomic mass is 10.1. The first-order valence-corrected chi connectivity index (χ1v) is 10.6. The van der Waals surface area contributed by atoms with Crippen molar-refractivity contribution >= 4 is 28.6 Å². The standard InChI is InChI=1S/C21H22N6O3S/c1-29-16-5-3-4-15(10-16)27-21(24-25-26-27)31-13-20(28)22-9-8-14-12-23-19-11-17(30-2)6-7-18(14)19/h3-7,10-12,23H,8-9,13H2,1-2H3,(H,22,28). The van der Waals surface area contributed by atoms with Crippen LogP contribution in [0.3, 0.4) is 0 Å². The van der Waals surface area contributed by atoms with Gasteiger partial charge in [0.25, 0.3) is 0 Å². The van der Waals surface area contributed by atoms with Gasteiger partial charge in [0.2, 0.25) is 11.1 Å². The third kappa shape index (κ3) is 4.80. The van der Waals surface area contributed by atoms with Crippen LogP contribution >= 0.6 is 11.8 Å². The van der Waals surface area contributed by atoms with Crippen molar-refractivity contribution in [2.24, 2.45) is 0 Å². The Balaban J connectivity index is 1.30. The number of nitrogens with zero attached hydrogens (tertiary/aromatic N) is 4. The summed E-state index contributed by atoms with van der Waals surface area (Å²) in [5.74, 6) is 1.65. The van der Waals surface area contributed by atoms with E-state index in [1.807, 2.05) is 48.7 Å². The number of hydrogen-bond acceptors (Lipinski definition) is 7. The molecule has 2 aromatic heterocycles. The Morgan fingerprint density at radius 2 is 2.00 bits per heavy atom. The minimum absolute atomic E-state index is 0.0771. The van der Waals surface area contributed by atoms with Crippen molar-refractivity contribution < 1.29 is 14.3 Å². The molecule has 0 fully saturated rings. The monoisotopic (exact) mass is 438 g/mol. The summed E-state index contributed by atoms with van der Waals surface area (Å²) in [6.45, 7) is 0.541. The topological polar surface area (TPSA) is 107 Å². The molecule has 1 amide bonds. The second-order valence-electron chi connectivity index (χ2n) is 6.69. The van der Waals surface area contributed by atoms with Crippen LogP contribution < -0.4 is 14.8 Å². The van der Waals surface area contributed by atoms with E-state index in [1.54, 1.807) is 18.9 Å². The molecule has 160 valence electrons. The van der Waals surface area contributed by atoms with Crippen molar-refractivity contribution in [2.75, 3.05) is 26.5 Å². The number of fused-ring (bicyclic) bond motifs is 1. The average molecular weight is 439 g/mol. The van der Waals surface area contributed by atoms with Crippen LogP contribution in [-0.2, 0) is 11.2 Å². The molecule has 2 heterocycles. The summed E-state index contributed by atoms with van der Waals surface area (Å²) in [5.41, 5.74) is 2.93. The van der Waals surface area contributed by atoms with Crippen LogP contribution in [0.25, 0.3) is 16.6 Å². The van der Waals surface area contributed by atoms with Gasteiger partial charge >= 0.3 is 0 Å². The van der Waals surface area contributed by atoms with Crippen molar-refractivity contribution in [3.63, 3.8) is 0 Å². The zero-order valence-corrected chi connectivity index (χ0v) is 18.0. The number of nitrogens with one attached hydrogen (secondary N) is 2. The van der Waals surface area contributed by atoms with Gasteiger partial charge in [-0.05, 0) is 46.7 Å². The minimum Gasteiger partial charge on any atom is -0.497 e. The van der Waals surface area contributed by atoms with E-state index < -0.39 is 0 Å². The predicted molar refractivity (Wildman–Crippen MR) is 118 cm³/mol. The van der Waals surface area contributed by atoms with Gasteiger partial charge in [0.15, 0.2) is 0 Å². The number of carbonyl (C=O) groups is 1. The molecule has 0 saturated carbocycles. The lowest BCUT2D eigenvalue weighted by Gasteiger charge is -2.07. The molecule has 4 rings (SSSR count). The van der Waals surface area contributed by atoms with Gasteiger partial charge in [-0.2, -0.15) is 4.68 Å². The van der Waals surface area contributed by atoms with Crippen LogP contribution in [0.15, 0.2) is 53.8 Å². The largest absolute Gasteiger partial charge is 0.497 e. The molecule has 9 nitrogen and oxygen atoms in total. The van der Waals surface area contributed by atoms with Crippen LogP contribution in [0.1, 0.15) is 5.56 Å². The summed E-state index contributed by atoms with van der Waals surface area (Å²) < 4.78 is 12.1. The molecule has 0 unspecified atom stereocenters. The number of amides is 1. The van der Waals surface area contributed by atoms with Crippen LogP contribution in [0.5, 0.6) is 11.5 Å². The fraction of sp³-hybridized carbons (Fsp3) is 0.238. The van der Waals surface area contributed by atoms with E-state index in [0.717, 1.165) is 34.3 Å². The Kier molecular flexibility index (Phi) is 6.37. The van der Waals surface area contributed by atoms with E-state index >= 15 is 0 Å². The summed E-state index contributed by atoms with van der Waals surface area (Å²) >= 11 is 1.28. The third-order valence-corrected chi connectivity index (χ3v) is 5.68. The third-order valence-electron chi connectivity index (χ3n) is 4.76. The number of hydrogen-bond donors (Lipinski definition) is 2. The summed E-state index contributed by atoms with van der Waals surface area (Å²) in [7, 11) is 3.25. The van der Waals surface area contributed by atoms with Crippen molar-refractivity contribution in [1.29, 1.82) is 0 Å². The molecule has 0 aliphatic carbocycles. The molecule has 2 aromatic carbocycles. The Labute approximate surface area is 183 Å². The molecule has 0 atom stereocenters. The normalized spacial score (nSPS) is 10.9. The van der Waals surface area contributed by atoms with E-state index in [4.69, 9.17) is 9.47 Å². The average Bonchev–Trinajstić information content (AvgIpc) is 3.44. The molecule has 2 N–H and O–H groups in total. The molecule has 0 bridgehead atoms. The van der Waals surface area contributed by atoms with E-state index in [1.165, 1.54) is 11.8 Å². The Morgan fingerprint density at radius 1 is 1.16 bits per heavy atom. The first kappa shape index (κ1) is 20.7. The lowest BCUT2D eigenvalue weighted by molar-refractivity contribution is -0.118. The van der Waals surface area contributed by atoms with Gasteiger partial charge in [-0.1, -0.05) is 17.8 Å². The SMILES string of the molecule is COc1cccc(-n2nnnc2SCC(=O)NCCc2c[nH]c3cc(OC)ccc23)c1. The van der Waals surface area contributed by atoms with Crippen molar-refractivity contribution in [3.8, 4) is 17.2 Å². The number of thioether (sulfide) groups is 1. The molecule has 10 heteroatoms. The number of rotatable bonds is 9. The van der Waals surface area contributed by atoms with E-state index in [0.29, 0.717) is 17.5 Å². The van der Waals surface area contributed by atoms with Crippen LogP contribution in [0.4, 0.5) is 0 Å². The zero-order chi connectivity index (χ0) is 21.6. The number of benzene rings is 2. The van der Waals surface area contributed by atoms with Crippen molar-refractivity contribution in [3.05, 3.63) is 54.2 Å². The fourth-order valence-corrected chi connectivity index (χ4v) is 3.91. The molecular formula is C21H22N6O3S. The van der Waals surface area contributed by atoms with Gasteiger partial charge in [-0.3, -0.25) is 4.79 Å². The number of methoxy groups -OCH3 is 2. The second-order valence-corrected chi connectivity index (χ2v) is 7.63. The highest BCUT2D eigenvalue weighted by molar-refractivity contribution is 7.99. The summed E-state index contributed by atoms with van der Waals surface area (Å²) in [6, 6.07) is 13.3. The second kappa shape index (κ2) is 9.52.